The molecule has 5 N–H and O–H groups in total. The molecule has 0 spiro atoms. The zero-order chi connectivity index (χ0) is 20.1. The van der Waals surface area contributed by atoms with Gasteiger partial charge in [-0.25, -0.2) is 19.3 Å². The number of nitrogens with two attached hydrogens (primary N) is 1. The summed E-state index contributed by atoms with van der Waals surface area (Å²) in [7, 11) is 0. The van der Waals surface area contributed by atoms with Crippen molar-refractivity contribution in [3.63, 3.8) is 0 Å². The minimum atomic E-state index is -1.33. The first-order chi connectivity index (χ1) is 13.6. The molecule has 0 bridgehead atoms. The Morgan fingerprint density at radius 1 is 1.29 bits per heavy atom. The molecule has 1 aromatic rings. The predicted molar refractivity (Wildman–Crippen MR) is 89.5 cm³/mol. The molecule has 152 valence electrons. The second kappa shape index (κ2) is 9.22. The Balaban J connectivity index is 1.92. The van der Waals surface area contributed by atoms with Crippen LogP contribution < -0.4 is 5.73 Å². The zero-order valence-corrected chi connectivity index (χ0v) is 14.7. The highest BCUT2D eigenvalue weighted by atomic mass is 17.1. The average molecular weight is 396 g/mol. The van der Waals surface area contributed by atoms with Crippen LogP contribution in [0, 0.1) is 11.8 Å². The normalized spacial score (nSPS) is 27.2. The summed E-state index contributed by atoms with van der Waals surface area (Å²) < 4.78 is 6.51. The van der Waals surface area contributed by atoms with Gasteiger partial charge in [-0.05, 0) is 37.2 Å². The Labute approximate surface area is 159 Å². The highest BCUT2D eigenvalue weighted by molar-refractivity contribution is 5.89. The predicted octanol–water partition coefficient (Wildman–Crippen LogP) is 0.332. The van der Waals surface area contributed by atoms with Gasteiger partial charge in [-0.15, -0.1) is 5.10 Å². The Morgan fingerprint density at radius 2 is 2.07 bits per heavy atom. The standard InChI is InChI=1S/C16H20N4O8/c17-14(21)15-18-11(7-6-9-4-2-1-3-5-9)19-20(15)16-13(28-24)12(27-23)10(26-16)8-25-22/h4,10,12-13,16,22-24H,1-3,5,8H2,(H2,17,21)/t10-,12-,13-,16-/m1/s1. The molecule has 12 nitrogen and oxygen atoms in total. The summed E-state index contributed by atoms with van der Waals surface area (Å²) in [5.41, 5.74) is 6.32. The van der Waals surface area contributed by atoms with Crippen molar-refractivity contribution in [1.29, 1.82) is 0 Å². The van der Waals surface area contributed by atoms with Crippen molar-refractivity contribution in [2.75, 3.05) is 6.61 Å². The summed E-state index contributed by atoms with van der Waals surface area (Å²) in [4.78, 5) is 28.4. The fraction of sp³-hybridized carbons (Fsp3) is 0.562. The summed E-state index contributed by atoms with van der Waals surface area (Å²) in [6, 6.07) is 0. The molecule has 1 aliphatic heterocycles. The lowest BCUT2D eigenvalue weighted by Gasteiger charge is -2.18. The van der Waals surface area contributed by atoms with E-state index in [0.717, 1.165) is 35.9 Å². The quantitative estimate of drug-likeness (QED) is 0.298. The van der Waals surface area contributed by atoms with E-state index in [1.165, 1.54) is 0 Å². The number of rotatable bonds is 6. The molecule has 1 aliphatic carbocycles. The average Bonchev–Trinajstić information content (AvgIpc) is 3.28. The summed E-state index contributed by atoms with van der Waals surface area (Å²) in [6.07, 6.45) is 1.14. The van der Waals surface area contributed by atoms with Gasteiger partial charge in [-0.1, -0.05) is 12.0 Å². The van der Waals surface area contributed by atoms with Gasteiger partial charge >= 0.3 is 0 Å². The van der Waals surface area contributed by atoms with Gasteiger partial charge in [0, 0.05) is 0 Å². The van der Waals surface area contributed by atoms with Crippen molar-refractivity contribution < 1.29 is 40.0 Å². The Hall–Kier alpha value is -2.37. The highest BCUT2D eigenvalue weighted by Crippen LogP contribution is 2.33. The van der Waals surface area contributed by atoms with Gasteiger partial charge in [-0.3, -0.25) is 20.6 Å². The lowest BCUT2D eigenvalue weighted by atomic mass is 10.0. The van der Waals surface area contributed by atoms with E-state index in [1.54, 1.807) is 0 Å². The van der Waals surface area contributed by atoms with Gasteiger partial charge in [0.15, 0.2) is 18.4 Å². The van der Waals surface area contributed by atoms with Crippen LogP contribution in [-0.4, -0.2) is 61.4 Å². The van der Waals surface area contributed by atoms with Crippen molar-refractivity contribution in [2.24, 2.45) is 5.73 Å². The van der Waals surface area contributed by atoms with E-state index in [-0.39, 0.29) is 11.6 Å². The molecule has 0 unspecified atom stereocenters. The van der Waals surface area contributed by atoms with Gasteiger partial charge in [0.2, 0.25) is 11.6 Å². The number of hydrogen-bond acceptors (Lipinski definition) is 10. The number of amides is 1. The van der Waals surface area contributed by atoms with Gasteiger partial charge in [0.25, 0.3) is 5.91 Å². The van der Waals surface area contributed by atoms with E-state index in [9.17, 15) is 10.1 Å². The first kappa shape index (κ1) is 20.4. The van der Waals surface area contributed by atoms with Crippen molar-refractivity contribution in [3.8, 4) is 11.8 Å². The molecule has 2 heterocycles. The number of allylic oxidation sites excluding steroid dienone is 2. The minimum Gasteiger partial charge on any atom is -0.363 e. The fourth-order valence-corrected chi connectivity index (χ4v) is 3.16. The minimum absolute atomic E-state index is 0.0175. The Bertz CT molecular complexity index is 798. The van der Waals surface area contributed by atoms with Crippen LogP contribution in [0.3, 0.4) is 0 Å². The summed E-state index contributed by atoms with van der Waals surface area (Å²) in [5, 5.41) is 31.0. The molecule has 0 radical (unpaired) electrons. The molecule has 12 heteroatoms. The van der Waals surface area contributed by atoms with Crippen LogP contribution in [-0.2, 0) is 19.4 Å². The molecule has 3 rings (SSSR count). The fourth-order valence-electron chi connectivity index (χ4n) is 3.16. The first-order valence-electron chi connectivity index (χ1n) is 8.58. The molecular weight excluding hydrogens is 376 g/mol. The smallest absolute Gasteiger partial charge is 0.286 e. The van der Waals surface area contributed by atoms with Crippen molar-refractivity contribution in [1.82, 2.24) is 14.8 Å². The highest BCUT2D eigenvalue weighted by Gasteiger charge is 2.50. The van der Waals surface area contributed by atoms with E-state index in [2.05, 4.69) is 36.6 Å². The van der Waals surface area contributed by atoms with Crippen LogP contribution in [0.4, 0.5) is 0 Å². The third-order valence-corrected chi connectivity index (χ3v) is 4.49. The molecule has 1 amide bonds. The number of nitrogens with zero attached hydrogens (tertiary/aromatic N) is 3. The van der Waals surface area contributed by atoms with E-state index < -0.39 is 37.1 Å². The summed E-state index contributed by atoms with van der Waals surface area (Å²) in [6.45, 7) is -0.414. The van der Waals surface area contributed by atoms with Gasteiger partial charge in [0.1, 0.15) is 12.7 Å². The molecule has 0 saturated carbocycles. The first-order valence-corrected chi connectivity index (χ1v) is 8.58. The number of carbonyl (C=O) groups is 1. The number of ether oxygens (including phenoxy) is 1. The SMILES string of the molecule is NC(=O)c1nc(C#CC2=CCCCC2)nn1[C@@H]1O[C@H](COO)[C@@H](OO)[C@H]1OO. The molecule has 1 fully saturated rings. The third kappa shape index (κ3) is 4.21. The summed E-state index contributed by atoms with van der Waals surface area (Å²) >= 11 is 0. The molecule has 1 saturated heterocycles. The zero-order valence-electron chi connectivity index (χ0n) is 14.7. The van der Waals surface area contributed by atoms with Crippen LogP contribution in [0.2, 0.25) is 0 Å². The molecule has 28 heavy (non-hydrogen) atoms. The monoisotopic (exact) mass is 396 g/mol. The van der Waals surface area contributed by atoms with Crippen molar-refractivity contribution in [3.05, 3.63) is 23.3 Å². The second-order valence-corrected chi connectivity index (χ2v) is 6.29. The second-order valence-electron chi connectivity index (χ2n) is 6.29. The topological polar surface area (TPSA) is 171 Å². The van der Waals surface area contributed by atoms with E-state index in [0.29, 0.717) is 0 Å². The van der Waals surface area contributed by atoms with Gasteiger partial charge in [0.05, 0.1) is 0 Å². The van der Waals surface area contributed by atoms with Crippen molar-refractivity contribution >= 4 is 5.91 Å². The maximum absolute atomic E-state index is 11.8. The van der Waals surface area contributed by atoms with Crippen LogP contribution in [0.5, 0.6) is 0 Å². The van der Waals surface area contributed by atoms with Crippen molar-refractivity contribution in [2.45, 2.75) is 50.2 Å². The molecular formula is C16H20N4O8. The van der Waals surface area contributed by atoms with E-state index in [1.807, 2.05) is 6.08 Å². The molecule has 2 aliphatic rings. The molecule has 1 aromatic heterocycles. The number of aromatic nitrogens is 3. The lowest BCUT2D eigenvalue weighted by molar-refractivity contribution is -0.357. The number of hydrogen-bond donors (Lipinski definition) is 4. The number of primary amides is 1. The third-order valence-electron chi connectivity index (χ3n) is 4.49. The molecule has 0 aromatic carbocycles. The number of carbonyl (C=O) groups excluding carboxylic acids is 1. The summed E-state index contributed by atoms with van der Waals surface area (Å²) in [5.74, 6) is 4.54. The lowest BCUT2D eigenvalue weighted by Crippen LogP contribution is -2.37. The van der Waals surface area contributed by atoms with Gasteiger partial charge < -0.3 is 10.5 Å². The maximum Gasteiger partial charge on any atom is 0.286 e. The van der Waals surface area contributed by atoms with Crippen LogP contribution in [0.15, 0.2) is 11.6 Å². The maximum atomic E-state index is 11.8. The largest absolute Gasteiger partial charge is 0.363 e. The Kier molecular flexibility index (Phi) is 6.70. The van der Waals surface area contributed by atoms with Crippen LogP contribution in [0.25, 0.3) is 0 Å². The van der Waals surface area contributed by atoms with Crippen LogP contribution >= 0.6 is 0 Å². The van der Waals surface area contributed by atoms with Crippen LogP contribution in [0.1, 0.15) is 48.4 Å². The van der Waals surface area contributed by atoms with E-state index in [4.69, 9.17) is 21.0 Å². The van der Waals surface area contributed by atoms with Gasteiger partial charge in [-0.2, -0.15) is 4.98 Å². The Morgan fingerprint density at radius 3 is 2.68 bits per heavy atom. The molecule has 4 atom stereocenters. The van der Waals surface area contributed by atoms with E-state index >= 15 is 0 Å².